The van der Waals surface area contributed by atoms with E-state index in [1.54, 1.807) is 21.0 Å². The third kappa shape index (κ3) is 12.1. The molecule has 1 aromatic carbocycles. The zero-order valence-electron chi connectivity index (χ0n) is 17.1. The van der Waals surface area contributed by atoms with Gasteiger partial charge in [0.25, 0.3) is 0 Å². The molecule has 149 valence electrons. The third-order valence-corrected chi connectivity index (χ3v) is 3.73. The summed E-state index contributed by atoms with van der Waals surface area (Å²) in [5.41, 5.74) is 0.887. The first-order valence-electron chi connectivity index (χ1n) is 8.48. The highest BCUT2D eigenvalue weighted by molar-refractivity contribution is 5.98. The van der Waals surface area contributed by atoms with Crippen LogP contribution in [0.5, 0.6) is 0 Å². The molecule has 3 atom stereocenters. The van der Waals surface area contributed by atoms with Gasteiger partial charge in [0, 0.05) is 29.1 Å². The Labute approximate surface area is 164 Å². The van der Waals surface area contributed by atoms with Gasteiger partial charge in [0.15, 0.2) is 0 Å². The lowest BCUT2D eigenvalue weighted by atomic mass is 10.00. The Hall–Kier alpha value is -1.99. The molecule has 0 N–H and O–H groups in total. The van der Waals surface area contributed by atoms with E-state index in [0.29, 0.717) is 6.42 Å². The summed E-state index contributed by atoms with van der Waals surface area (Å²) < 4.78 is 15.0. The summed E-state index contributed by atoms with van der Waals surface area (Å²) in [4.78, 5) is 33.6. The van der Waals surface area contributed by atoms with E-state index in [4.69, 9.17) is 14.2 Å². The molecule has 0 aliphatic rings. The first-order chi connectivity index (χ1) is 12.2. The molecular weight excluding hydrogens is 347 g/mol. The number of hydrogen-bond donors (Lipinski definition) is 0. The molecule has 7 heteroatoms. The molecule has 0 fully saturated rings. The van der Waals surface area contributed by atoms with Crippen LogP contribution in [0.1, 0.15) is 39.7 Å². The number of carbonyl (C=O) groups is 3. The third-order valence-electron chi connectivity index (χ3n) is 3.73. The summed E-state index contributed by atoms with van der Waals surface area (Å²) >= 11 is 0. The largest absolute Gasteiger partial charge is 0.460 e. The van der Waals surface area contributed by atoms with Gasteiger partial charge in [-0.05, 0) is 33.3 Å². The van der Waals surface area contributed by atoms with Gasteiger partial charge in [0.1, 0.15) is 24.1 Å². The summed E-state index contributed by atoms with van der Waals surface area (Å²) in [5, 5.41) is 0. The van der Waals surface area contributed by atoms with Crippen LogP contribution in [0.4, 0.5) is 0 Å². The molecule has 0 heterocycles. The maximum atomic E-state index is 11.8. The van der Waals surface area contributed by atoms with E-state index in [1.165, 1.54) is 14.0 Å². The number of ether oxygens (including phenoxy) is 3. The van der Waals surface area contributed by atoms with Crippen LogP contribution in [0, 0.1) is 5.92 Å². The van der Waals surface area contributed by atoms with Crippen molar-refractivity contribution in [1.82, 2.24) is 0 Å². The fourth-order valence-electron chi connectivity index (χ4n) is 2.13. The molecule has 0 saturated carbocycles. The van der Waals surface area contributed by atoms with Gasteiger partial charge >= 0.3 is 5.97 Å². The van der Waals surface area contributed by atoms with E-state index in [0.717, 1.165) is 5.56 Å². The van der Waals surface area contributed by atoms with Gasteiger partial charge in [-0.2, -0.15) is 0 Å². The standard InChI is InChI=1S/C14H18O4.C6H12O2.B/c1-10(15)13(11(2)17-3)14(16)18-9-12-7-5-4-6-8-12;1-5(7)4-6(2)8-3;/h4-8,11,13H,9H2,1-3H3;6H,4H2,1-3H3;. The maximum Gasteiger partial charge on any atom is 0.319 e. The lowest BCUT2D eigenvalue weighted by molar-refractivity contribution is -0.157. The first kappa shape index (κ1) is 27.2. The topological polar surface area (TPSA) is 78.9 Å². The minimum Gasteiger partial charge on any atom is -0.460 e. The molecule has 0 aliphatic heterocycles. The Morgan fingerprint density at radius 2 is 1.52 bits per heavy atom. The van der Waals surface area contributed by atoms with Gasteiger partial charge in [-0.1, -0.05) is 30.3 Å². The van der Waals surface area contributed by atoms with Crippen LogP contribution in [0.15, 0.2) is 30.3 Å². The van der Waals surface area contributed by atoms with Crippen LogP contribution in [-0.4, -0.2) is 52.4 Å². The first-order valence-corrected chi connectivity index (χ1v) is 8.48. The minimum atomic E-state index is -0.862. The van der Waals surface area contributed by atoms with Crippen molar-refractivity contribution in [3.63, 3.8) is 0 Å². The van der Waals surface area contributed by atoms with Crippen molar-refractivity contribution in [3.05, 3.63) is 35.9 Å². The Balaban J connectivity index is 0. The second kappa shape index (κ2) is 15.1. The van der Waals surface area contributed by atoms with Crippen LogP contribution in [0.25, 0.3) is 0 Å². The number of esters is 1. The fraction of sp³-hybridized carbons (Fsp3) is 0.550. The minimum absolute atomic E-state index is 0. The van der Waals surface area contributed by atoms with Crippen molar-refractivity contribution in [2.75, 3.05) is 14.2 Å². The number of benzene rings is 1. The summed E-state index contributed by atoms with van der Waals surface area (Å²) in [7, 11) is 3.07. The summed E-state index contributed by atoms with van der Waals surface area (Å²) in [6.07, 6.45) is 0.120. The molecule has 0 spiro atoms. The zero-order chi connectivity index (χ0) is 20.1. The van der Waals surface area contributed by atoms with Crippen LogP contribution < -0.4 is 0 Å². The van der Waals surface area contributed by atoms with Crippen molar-refractivity contribution in [1.29, 1.82) is 0 Å². The molecule has 3 unspecified atom stereocenters. The normalized spacial score (nSPS) is 13.1. The molecule has 1 rings (SSSR count). The van der Waals surface area contributed by atoms with Gasteiger partial charge in [-0.3, -0.25) is 14.4 Å². The SMILES string of the molecule is COC(C)C(C(C)=O)C(=O)OCc1ccccc1.COC(C)CC(C)=O.[B]. The van der Waals surface area contributed by atoms with E-state index < -0.39 is 18.0 Å². The predicted octanol–water partition coefficient (Wildman–Crippen LogP) is 2.59. The Morgan fingerprint density at radius 1 is 0.963 bits per heavy atom. The van der Waals surface area contributed by atoms with Gasteiger partial charge in [-0.15, -0.1) is 0 Å². The van der Waals surface area contributed by atoms with Crippen molar-refractivity contribution in [3.8, 4) is 0 Å². The molecule has 0 aliphatic carbocycles. The van der Waals surface area contributed by atoms with Crippen molar-refractivity contribution in [2.24, 2.45) is 5.92 Å². The summed E-state index contributed by atoms with van der Waals surface area (Å²) in [6, 6.07) is 9.33. The second-order valence-corrected chi connectivity index (χ2v) is 6.07. The molecule has 1 aromatic rings. The van der Waals surface area contributed by atoms with Crippen molar-refractivity contribution < 1.29 is 28.6 Å². The zero-order valence-corrected chi connectivity index (χ0v) is 17.1. The van der Waals surface area contributed by atoms with E-state index >= 15 is 0 Å². The Kier molecular flexibility index (Phi) is 15.2. The highest BCUT2D eigenvalue weighted by atomic mass is 16.5. The average Bonchev–Trinajstić information content (AvgIpc) is 2.60. The number of methoxy groups -OCH3 is 2. The molecule has 27 heavy (non-hydrogen) atoms. The van der Waals surface area contributed by atoms with Crippen molar-refractivity contribution >= 4 is 25.9 Å². The second-order valence-electron chi connectivity index (χ2n) is 6.07. The van der Waals surface area contributed by atoms with E-state index in [2.05, 4.69) is 0 Å². The number of ketones is 2. The highest BCUT2D eigenvalue weighted by Crippen LogP contribution is 2.12. The molecular formula is C20H30BO6. The number of Topliss-reactive ketones (excluding diaryl/α,β-unsaturated/α-hetero) is 2. The lowest BCUT2D eigenvalue weighted by Gasteiger charge is -2.18. The smallest absolute Gasteiger partial charge is 0.319 e. The van der Waals surface area contributed by atoms with Gasteiger partial charge in [0.2, 0.25) is 0 Å². The van der Waals surface area contributed by atoms with Crippen LogP contribution in [0.3, 0.4) is 0 Å². The molecule has 0 saturated heterocycles. The van der Waals surface area contributed by atoms with Crippen molar-refractivity contribution in [2.45, 2.75) is 52.9 Å². The monoisotopic (exact) mass is 377 g/mol. The number of hydrogen-bond acceptors (Lipinski definition) is 6. The average molecular weight is 377 g/mol. The van der Waals surface area contributed by atoms with Gasteiger partial charge in [0.05, 0.1) is 12.2 Å². The maximum absolute atomic E-state index is 11.8. The number of rotatable bonds is 9. The predicted molar refractivity (Wildman–Crippen MR) is 104 cm³/mol. The van der Waals surface area contributed by atoms with Gasteiger partial charge < -0.3 is 14.2 Å². The van der Waals surface area contributed by atoms with E-state index in [-0.39, 0.29) is 32.7 Å². The summed E-state index contributed by atoms with van der Waals surface area (Å²) in [6.45, 7) is 6.65. The molecule has 0 amide bonds. The molecule has 0 aromatic heterocycles. The van der Waals surface area contributed by atoms with E-state index in [1.807, 2.05) is 37.3 Å². The van der Waals surface area contributed by atoms with Crippen LogP contribution in [-0.2, 0) is 35.2 Å². The fourth-order valence-corrected chi connectivity index (χ4v) is 2.13. The molecule has 6 nitrogen and oxygen atoms in total. The quantitative estimate of drug-likeness (QED) is 0.374. The molecule has 0 bridgehead atoms. The lowest BCUT2D eigenvalue weighted by Crippen LogP contribution is -2.34. The summed E-state index contributed by atoms with van der Waals surface area (Å²) in [5.74, 6) is -1.47. The van der Waals surface area contributed by atoms with Crippen LogP contribution >= 0.6 is 0 Å². The number of carbonyl (C=O) groups excluding carboxylic acids is 3. The van der Waals surface area contributed by atoms with Crippen LogP contribution in [0.2, 0.25) is 0 Å². The molecule has 3 radical (unpaired) electrons. The van der Waals surface area contributed by atoms with Gasteiger partial charge in [-0.25, -0.2) is 0 Å². The highest BCUT2D eigenvalue weighted by Gasteiger charge is 2.31. The Morgan fingerprint density at radius 3 is 1.89 bits per heavy atom. The van der Waals surface area contributed by atoms with E-state index in [9.17, 15) is 14.4 Å². The Bertz CT molecular complexity index is 561.